The molecule has 5 rings (SSSR count). The minimum absolute atomic E-state index is 0.0212. The van der Waals surface area contributed by atoms with Gasteiger partial charge in [0.15, 0.2) is 5.76 Å². The van der Waals surface area contributed by atoms with Crippen LogP contribution >= 0.6 is 0 Å². The van der Waals surface area contributed by atoms with Crippen molar-refractivity contribution in [1.29, 1.82) is 0 Å². The fraction of sp³-hybridized carbons (Fsp3) is 0.480. The number of carbonyl (C=O) groups is 1. The molecule has 33 heavy (non-hydrogen) atoms. The van der Waals surface area contributed by atoms with Crippen LogP contribution in [0.4, 0.5) is 10.3 Å². The van der Waals surface area contributed by atoms with Crippen LogP contribution < -0.4 is 4.90 Å². The molecule has 2 fully saturated rings. The summed E-state index contributed by atoms with van der Waals surface area (Å²) in [6.45, 7) is 8.82. The summed E-state index contributed by atoms with van der Waals surface area (Å²) >= 11 is 0. The van der Waals surface area contributed by atoms with Crippen molar-refractivity contribution < 1.29 is 13.6 Å². The number of amides is 1. The van der Waals surface area contributed by atoms with E-state index in [-0.39, 0.29) is 11.7 Å². The molecule has 0 N–H and O–H groups in total. The van der Waals surface area contributed by atoms with Gasteiger partial charge in [0.1, 0.15) is 5.82 Å². The predicted molar refractivity (Wildman–Crippen MR) is 125 cm³/mol. The summed E-state index contributed by atoms with van der Waals surface area (Å²) in [7, 11) is 0. The highest BCUT2D eigenvalue weighted by Gasteiger charge is 2.29. The lowest BCUT2D eigenvalue weighted by atomic mass is 10.0. The largest absolute Gasteiger partial charge is 0.459 e. The number of benzene rings is 1. The second kappa shape index (κ2) is 9.09. The normalized spacial score (nSPS) is 18.6. The molecule has 4 heterocycles. The van der Waals surface area contributed by atoms with E-state index in [4.69, 9.17) is 9.40 Å². The number of carbonyl (C=O) groups excluding carboxylic acids is 1. The average Bonchev–Trinajstić information content (AvgIpc) is 3.25. The Hall–Kier alpha value is -3.00. The van der Waals surface area contributed by atoms with Crippen molar-refractivity contribution in [3.8, 4) is 0 Å². The van der Waals surface area contributed by atoms with Crippen LogP contribution in [0.3, 0.4) is 0 Å². The first-order valence-corrected chi connectivity index (χ1v) is 11.8. The Morgan fingerprint density at radius 2 is 1.88 bits per heavy atom. The van der Waals surface area contributed by atoms with Gasteiger partial charge in [0, 0.05) is 56.8 Å². The third-order valence-electron chi connectivity index (χ3n) is 6.97. The molecule has 0 radical (unpaired) electrons. The van der Waals surface area contributed by atoms with Gasteiger partial charge in [0.2, 0.25) is 5.95 Å². The molecule has 2 aliphatic heterocycles. The van der Waals surface area contributed by atoms with Crippen LogP contribution in [0.25, 0.3) is 10.9 Å². The van der Waals surface area contributed by atoms with Gasteiger partial charge in [-0.05, 0) is 56.9 Å². The molecule has 0 saturated carbocycles. The van der Waals surface area contributed by atoms with Gasteiger partial charge in [-0.25, -0.2) is 14.4 Å². The first-order chi connectivity index (χ1) is 16.0. The molecule has 3 aromatic rings. The smallest absolute Gasteiger partial charge is 0.289 e. The molecule has 0 unspecified atom stereocenters. The molecule has 1 amide bonds. The van der Waals surface area contributed by atoms with Gasteiger partial charge in [-0.2, -0.15) is 0 Å². The van der Waals surface area contributed by atoms with Crippen LogP contribution in [0.1, 0.15) is 41.1 Å². The Bertz CT molecular complexity index is 1140. The maximum Gasteiger partial charge on any atom is 0.289 e. The van der Waals surface area contributed by atoms with Crippen LogP contribution in [0.5, 0.6) is 0 Å². The maximum atomic E-state index is 14.1. The third kappa shape index (κ3) is 4.44. The summed E-state index contributed by atoms with van der Waals surface area (Å²) < 4.78 is 19.4. The van der Waals surface area contributed by atoms with E-state index in [0.29, 0.717) is 28.8 Å². The summed E-state index contributed by atoms with van der Waals surface area (Å²) in [6, 6.07) is 7.32. The van der Waals surface area contributed by atoms with E-state index in [0.717, 1.165) is 69.6 Å². The van der Waals surface area contributed by atoms with Gasteiger partial charge < -0.3 is 14.2 Å². The van der Waals surface area contributed by atoms with Gasteiger partial charge in [0.05, 0.1) is 17.5 Å². The quantitative estimate of drug-likeness (QED) is 0.604. The summed E-state index contributed by atoms with van der Waals surface area (Å²) in [4.78, 5) is 28.7. The monoisotopic (exact) mass is 451 g/mol. The molecule has 0 aliphatic carbocycles. The van der Waals surface area contributed by atoms with Crippen LogP contribution in [0.15, 0.2) is 34.9 Å². The SMILES string of the molecule is Cc1cc2c(C)nc(N3CCC(N4CCCN(C(=O)c5ccco5)CC4)CC3)nc2cc1F. The summed E-state index contributed by atoms with van der Waals surface area (Å²) in [5, 5.41) is 0.908. The highest BCUT2D eigenvalue weighted by atomic mass is 19.1. The van der Waals surface area contributed by atoms with Crippen LogP contribution in [-0.2, 0) is 0 Å². The molecular weight excluding hydrogens is 421 g/mol. The number of halogens is 1. The number of piperidine rings is 1. The highest BCUT2D eigenvalue weighted by Crippen LogP contribution is 2.26. The predicted octanol–water partition coefficient (Wildman–Crippen LogP) is 3.80. The van der Waals surface area contributed by atoms with E-state index >= 15 is 0 Å². The number of rotatable bonds is 3. The zero-order chi connectivity index (χ0) is 22.9. The standard InChI is InChI=1S/C25H30FN5O2/c1-17-15-20-18(2)27-25(28-22(20)16-21(17)26)31-10-6-19(7-11-31)29-8-4-9-30(13-12-29)24(32)23-5-3-14-33-23/h3,5,14-16,19H,4,6-13H2,1-2H3. The zero-order valence-corrected chi connectivity index (χ0v) is 19.3. The molecule has 174 valence electrons. The molecule has 2 aromatic heterocycles. The minimum atomic E-state index is -0.231. The molecule has 8 heteroatoms. The number of anilines is 1. The van der Waals surface area contributed by atoms with Crippen molar-refractivity contribution in [1.82, 2.24) is 19.8 Å². The van der Waals surface area contributed by atoms with Gasteiger partial charge in [-0.1, -0.05) is 0 Å². The molecule has 0 bridgehead atoms. The molecule has 1 aromatic carbocycles. The fourth-order valence-corrected chi connectivity index (χ4v) is 5.03. The van der Waals surface area contributed by atoms with E-state index in [9.17, 15) is 9.18 Å². The Balaban J connectivity index is 1.21. The van der Waals surface area contributed by atoms with Crippen molar-refractivity contribution in [3.63, 3.8) is 0 Å². The molecule has 0 spiro atoms. The van der Waals surface area contributed by atoms with Gasteiger partial charge in [-0.15, -0.1) is 0 Å². The number of aromatic nitrogens is 2. The Morgan fingerprint density at radius 3 is 2.64 bits per heavy atom. The molecular formula is C25H30FN5O2. The number of hydrogen-bond acceptors (Lipinski definition) is 6. The van der Waals surface area contributed by atoms with Gasteiger partial charge in [0.25, 0.3) is 5.91 Å². The molecule has 2 saturated heterocycles. The van der Waals surface area contributed by atoms with Crippen LogP contribution in [0.2, 0.25) is 0 Å². The van der Waals surface area contributed by atoms with Crippen LogP contribution in [-0.4, -0.2) is 71.0 Å². The Morgan fingerprint density at radius 1 is 1.06 bits per heavy atom. The lowest BCUT2D eigenvalue weighted by Gasteiger charge is -2.38. The summed E-state index contributed by atoms with van der Waals surface area (Å²) in [6.07, 6.45) is 4.55. The van der Waals surface area contributed by atoms with Gasteiger partial charge >= 0.3 is 0 Å². The van der Waals surface area contributed by atoms with Crippen molar-refractivity contribution in [3.05, 3.63) is 53.4 Å². The second-order valence-corrected chi connectivity index (χ2v) is 9.10. The molecule has 0 atom stereocenters. The number of nitrogens with zero attached hydrogens (tertiary/aromatic N) is 5. The Labute approximate surface area is 193 Å². The number of hydrogen-bond donors (Lipinski definition) is 0. The van der Waals surface area contributed by atoms with E-state index < -0.39 is 0 Å². The minimum Gasteiger partial charge on any atom is -0.459 e. The first-order valence-electron chi connectivity index (χ1n) is 11.8. The number of aryl methyl sites for hydroxylation is 2. The first kappa shape index (κ1) is 21.8. The van der Waals surface area contributed by atoms with Crippen molar-refractivity contribution in [2.24, 2.45) is 0 Å². The average molecular weight is 452 g/mol. The number of fused-ring (bicyclic) bond motifs is 1. The van der Waals surface area contributed by atoms with Crippen LogP contribution in [0, 0.1) is 19.7 Å². The lowest BCUT2D eigenvalue weighted by molar-refractivity contribution is 0.0724. The topological polar surface area (TPSA) is 65.7 Å². The van der Waals surface area contributed by atoms with Crippen molar-refractivity contribution in [2.45, 2.75) is 39.2 Å². The highest BCUT2D eigenvalue weighted by molar-refractivity contribution is 5.91. The Kier molecular flexibility index (Phi) is 6.01. The van der Waals surface area contributed by atoms with Gasteiger partial charge in [-0.3, -0.25) is 9.69 Å². The zero-order valence-electron chi connectivity index (χ0n) is 19.3. The van der Waals surface area contributed by atoms with E-state index in [1.807, 2.05) is 17.9 Å². The van der Waals surface area contributed by atoms with E-state index in [1.165, 1.54) is 6.07 Å². The van der Waals surface area contributed by atoms with E-state index in [2.05, 4.69) is 14.8 Å². The van der Waals surface area contributed by atoms with E-state index in [1.54, 1.807) is 25.3 Å². The second-order valence-electron chi connectivity index (χ2n) is 9.10. The fourth-order valence-electron chi connectivity index (χ4n) is 5.03. The lowest BCUT2D eigenvalue weighted by Crippen LogP contribution is -2.46. The number of furan rings is 1. The summed E-state index contributed by atoms with van der Waals surface area (Å²) in [5.74, 6) is 0.850. The molecule has 2 aliphatic rings. The van der Waals surface area contributed by atoms with Crippen molar-refractivity contribution >= 4 is 22.8 Å². The molecule has 7 nitrogen and oxygen atoms in total. The summed E-state index contributed by atoms with van der Waals surface area (Å²) in [5.41, 5.74) is 2.16. The van der Waals surface area contributed by atoms with Crippen molar-refractivity contribution in [2.75, 3.05) is 44.2 Å². The maximum absolute atomic E-state index is 14.1. The third-order valence-corrected chi connectivity index (χ3v) is 6.97.